The summed E-state index contributed by atoms with van der Waals surface area (Å²) < 4.78 is 5.31. The van der Waals surface area contributed by atoms with Crippen molar-refractivity contribution < 1.29 is 24.5 Å². The van der Waals surface area contributed by atoms with Crippen molar-refractivity contribution in [3.63, 3.8) is 0 Å². The van der Waals surface area contributed by atoms with Gasteiger partial charge in [0.05, 0.1) is 12.2 Å². The number of benzene rings is 1. The molecule has 1 aromatic rings. The van der Waals surface area contributed by atoms with Crippen LogP contribution in [-0.4, -0.2) is 46.5 Å². The van der Waals surface area contributed by atoms with Crippen LogP contribution in [0, 0.1) is 46.3 Å². The minimum absolute atomic E-state index is 0.0125. The predicted octanol–water partition coefficient (Wildman–Crippen LogP) is 7.27. The van der Waals surface area contributed by atoms with Crippen molar-refractivity contribution in [2.24, 2.45) is 46.3 Å². The average Bonchev–Trinajstić information content (AvgIpc) is 3.31. The Morgan fingerprint density at radius 1 is 0.911 bits per heavy atom. The average molecular weight is 664 g/mol. The molecule has 1 aromatic carbocycles. The van der Waals surface area contributed by atoms with Crippen LogP contribution < -0.4 is 10.6 Å². The highest BCUT2D eigenvalue weighted by Crippen LogP contribution is 2.68. The number of hydrogen-bond donors (Lipinski definition) is 4. The van der Waals surface area contributed by atoms with E-state index in [1.54, 1.807) is 18.2 Å². The summed E-state index contributed by atoms with van der Waals surface area (Å²) in [4.78, 5) is 25.1. The lowest BCUT2D eigenvalue weighted by Gasteiger charge is -2.62. The predicted molar refractivity (Wildman–Crippen MR) is 176 cm³/mol. The lowest BCUT2D eigenvalue weighted by Crippen LogP contribution is -2.58. The van der Waals surface area contributed by atoms with Gasteiger partial charge in [0.15, 0.2) is 0 Å². The van der Waals surface area contributed by atoms with Crippen LogP contribution in [0.5, 0.6) is 0 Å². The molecule has 0 aliphatic heterocycles. The second kappa shape index (κ2) is 13.2. The molecule has 0 spiro atoms. The molecule has 45 heavy (non-hydrogen) atoms. The highest BCUT2D eigenvalue weighted by molar-refractivity contribution is 6.34. The molecule has 2 amide bonds. The van der Waals surface area contributed by atoms with Crippen molar-refractivity contribution in [3.8, 4) is 0 Å². The molecule has 5 aliphatic rings. The minimum atomic E-state index is -0.487. The molecular weight excluding hydrogens is 611 g/mol. The standard InChI is InChI=1S/C36H52Cl2N2O5/c1-20(4-7-32(43)39-25-17-26(18-25)40-34(44)45-19-21-12-23(37)16-24(38)13-21)28-5-6-29-33-30(9-11-36(28,29)3)35(2)10-8-27(41)14-22(35)15-31(33)42/h12-13,16,20,22,25-31,33,41-42H,4-11,14-15,17-19H2,1-3H3,(H,39,43)(H,40,44)/t20-,22+,25?,26?,27-,28-,29+,30+,31+,33+,35+,36-/m1/s1. The molecule has 4 N–H and O–H groups in total. The number of amides is 2. The molecule has 7 nitrogen and oxygen atoms in total. The molecule has 0 heterocycles. The van der Waals surface area contributed by atoms with E-state index in [2.05, 4.69) is 31.4 Å². The first-order valence-corrected chi connectivity index (χ1v) is 18.1. The maximum absolute atomic E-state index is 12.9. The third-order valence-electron chi connectivity index (χ3n) is 13.4. The van der Waals surface area contributed by atoms with E-state index in [1.807, 2.05) is 0 Å². The first kappa shape index (κ1) is 33.4. The molecule has 0 radical (unpaired) electrons. The highest BCUT2D eigenvalue weighted by atomic mass is 35.5. The van der Waals surface area contributed by atoms with E-state index in [1.165, 1.54) is 25.7 Å². The van der Waals surface area contributed by atoms with E-state index in [0.717, 1.165) is 37.7 Å². The zero-order valence-electron chi connectivity index (χ0n) is 27.1. The second-order valence-electron chi connectivity index (χ2n) is 15.9. The number of aliphatic hydroxyl groups excluding tert-OH is 2. The maximum atomic E-state index is 12.9. The molecule has 0 aromatic heterocycles. The summed E-state index contributed by atoms with van der Waals surface area (Å²) in [5.74, 6) is 3.04. The van der Waals surface area contributed by atoms with E-state index < -0.39 is 6.09 Å². The van der Waals surface area contributed by atoms with Gasteiger partial charge in [0.25, 0.3) is 0 Å². The summed E-state index contributed by atoms with van der Waals surface area (Å²) in [7, 11) is 0. The van der Waals surface area contributed by atoms with Crippen molar-refractivity contribution >= 4 is 35.2 Å². The van der Waals surface area contributed by atoms with Gasteiger partial charge in [-0.15, -0.1) is 0 Å². The van der Waals surface area contributed by atoms with Crippen LogP contribution in [-0.2, 0) is 16.1 Å². The summed E-state index contributed by atoms with van der Waals surface area (Å²) in [6.45, 7) is 7.38. The lowest BCUT2D eigenvalue weighted by atomic mass is 9.43. The van der Waals surface area contributed by atoms with Gasteiger partial charge in [0.1, 0.15) is 6.61 Å². The SMILES string of the molecule is C[C@H](CCC(=O)NC1CC(NC(=O)OCc2cc(Cl)cc(Cl)c2)C1)[C@H]1CC[C@H]2[C@@H]3[C@@H](O)C[C@@H]4C[C@H](O)CC[C@]4(C)[C@H]3CC[C@]12C. The monoisotopic (exact) mass is 662 g/mol. The van der Waals surface area contributed by atoms with Crippen LogP contribution in [0.4, 0.5) is 4.79 Å². The molecule has 0 saturated heterocycles. The zero-order chi connectivity index (χ0) is 32.1. The normalized spacial score (nSPS) is 41.1. The number of rotatable bonds is 8. The van der Waals surface area contributed by atoms with Crippen molar-refractivity contribution in [2.75, 3.05) is 0 Å². The molecule has 10 atom stereocenters. The molecule has 9 heteroatoms. The molecule has 5 fully saturated rings. The Balaban J connectivity index is 0.934. The van der Waals surface area contributed by atoms with E-state index in [4.69, 9.17) is 27.9 Å². The largest absolute Gasteiger partial charge is 0.445 e. The van der Waals surface area contributed by atoms with Crippen LogP contribution in [0.15, 0.2) is 18.2 Å². The van der Waals surface area contributed by atoms with E-state index >= 15 is 0 Å². The fourth-order valence-corrected chi connectivity index (χ4v) is 11.5. The molecule has 250 valence electrons. The molecular formula is C36H52Cl2N2O5. The number of aliphatic hydroxyl groups is 2. The Labute approximate surface area is 278 Å². The van der Waals surface area contributed by atoms with Crippen molar-refractivity contribution in [1.29, 1.82) is 0 Å². The van der Waals surface area contributed by atoms with Gasteiger partial charge in [0.2, 0.25) is 5.91 Å². The van der Waals surface area contributed by atoms with Gasteiger partial charge in [-0.25, -0.2) is 4.79 Å². The lowest BCUT2D eigenvalue weighted by molar-refractivity contribution is -0.174. The number of carbonyl (C=O) groups excluding carboxylic acids is 2. The minimum Gasteiger partial charge on any atom is -0.445 e. The van der Waals surface area contributed by atoms with Crippen molar-refractivity contribution in [3.05, 3.63) is 33.8 Å². The number of fused-ring (bicyclic) bond motifs is 5. The number of nitrogens with one attached hydrogen (secondary N) is 2. The van der Waals surface area contributed by atoms with Gasteiger partial charge < -0.3 is 25.6 Å². The van der Waals surface area contributed by atoms with Crippen LogP contribution in [0.2, 0.25) is 10.0 Å². The van der Waals surface area contributed by atoms with Gasteiger partial charge in [-0.2, -0.15) is 0 Å². The first-order chi connectivity index (χ1) is 21.4. The van der Waals surface area contributed by atoms with Gasteiger partial charge in [-0.3, -0.25) is 4.79 Å². The fraction of sp³-hybridized carbons (Fsp3) is 0.778. The summed E-state index contributed by atoms with van der Waals surface area (Å²) in [6, 6.07) is 5.12. The number of alkyl carbamates (subject to hydrolysis) is 1. The van der Waals surface area contributed by atoms with Gasteiger partial charge in [-0.05, 0) is 141 Å². The molecule has 5 aliphatic carbocycles. The fourth-order valence-electron chi connectivity index (χ4n) is 10.9. The number of ether oxygens (including phenoxy) is 1. The smallest absolute Gasteiger partial charge is 0.407 e. The molecule has 6 rings (SSSR count). The van der Waals surface area contributed by atoms with Crippen molar-refractivity contribution in [2.45, 2.75) is 129 Å². The Kier molecular flexibility index (Phi) is 9.76. The van der Waals surface area contributed by atoms with E-state index in [0.29, 0.717) is 64.8 Å². The third-order valence-corrected chi connectivity index (χ3v) is 13.8. The summed E-state index contributed by atoms with van der Waals surface area (Å²) >= 11 is 12.0. The Morgan fingerprint density at radius 2 is 1.58 bits per heavy atom. The second-order valence-corrected chi connectivity index (χ2v) is 16.8. The Morgan fingerprint density at radius 3 is 2.31 bits per heavy atom. The van der Waals surface area contributed by atoms with Crippen LogP contribution in [0.25, 0.3) is 0 Å². The van der Waals surface area contributed by atoms with Crippen LogP contribution in [0.1, 0.15) is 103 Å². The number of carbonyl (C=O) groups is 2. The van der Waals surface area contributed by atoms with Gasteiger partial charge in [-0.1, -0.05) is 44.0 Å². The van der Waals surface area contributed by atoms with Gasteiger partial charge >= 0.3 is 6.09 Å². The first-order valence-electron chi connectivity index (χ1n) is 17.4. The summed E-state index contributed by atoms with van der Waals surface area (Å²) in [5, 5.41) is 28.9. The molecule has 0 bridgehead atoms. The third kappa shape index (κ3) is 6.75. The number of hydrogen-bond acceptors (Lipinski definition) is 5. The Bertz CT molecular complexity index is 1240. The Hall–Kier alpha value is -1.54. The quantitative estimate of drug-likeness (QED) is 0.234. The summed E-state index contributed by atoms with van der Waals surface area (Å²) in [6.07, 6.45) is 10.3. The highest BCUT2D eigenvalue weighted by Gasteiger charge is 2.62. The maximum Gasteiger partial charge on any atom is 0.407 e. The van der Waals surface area contributed by atoms with Gasteiger partial charge in [0, 0.05) is 28.5 Å². The molecule has 5 saturated carbocycles. The summed E-state index contributed by atoms with van der Waals surface area (Å²) in [5.41, 5.74) is 1.19. The zero-order valence-corrected chi connectivity index (χ0v) is 28.6. The van der Waals surface area contributed by atoms with E-state index in [9.17, 15) is 19.8 Å². The van der Waals surface area contributed by atoms with Crippen molar-refractivity contribution in [1.82, 2.24) is 10.6 Å². The van der Waals surface area contributed by atoms with E-state index in [-0.39, 0.29) is 47.6 Å². The number of halogens is 2. The molecule has 0 unspecified atom stereocenters. The topological polar surface area (TPSA) is 108 Å². The van der Waals surface area contributed by atoms with Crippen LogP contribution >= 0.6 is 23.2 Å². The van der Waals surface area contributed by atoms with Crippen LogP contribution in [0.3, 0.4) is 0 Å².